The first kappa shape index (κ1) is 48.7. The zero-order valence-electron chi connectivity index (χ0n) is 35.8. The molecule has 0 saturated heterocycles. The lowest BCUT2D eigenvalue weighted by Gasteiger charge is -2.30. The van der Waals surface area contributed by atoms with Crippen LogP contribution in [0.5, 0.6) is 0 Å². The summed E-state index contributed by atoms with van der Waals surface area (Å²) in [6.45, 7) is 2.52. The predicted octanol–water partition coefficient (Wildman–Crippen LogP) is 12.7. The van der Waals surface area contributed by atoms with Crippen molar-refractivity contribution in [3.63, 3.8) is 0 Å². The molecule has 2 aliphatic rings. The van der Waals surface area contributed by atoms with Gasteiger partial charge in [-0.3, -0.25) is 14.5 Å². The maximum Gasteiger partial charge on any atom is 0.319 e. The highest BCUT2D eigenvalue weighted by molar-refractivity contribution is 7.99. The van der Waals surface area contributed by atoms with E-state index in [1.54, 1.807) is 36.7 Å². The van der Waals surface area contributed by atoms with Crippen LogP contribution in [0, 0.1) is 23.3 Å². The Morgan fingerprint density at radius 2 is 1.00 bits per heavy atom. The van der Waals surface area contributed by atoms with Crippen LogP contribution in [0.1, 0.15) is 125 Å². The zero-order chi connectivity index (χ0) is 43.5. The molecule has 0 radical (unpaired) electrons. The van der Waals surface area contributed by atoms with Gasteiger partial charge in [0.25, 0.3) is 0 Å². The third-order valence-electron chi connectivity index (χ3n) is 12.4. The number of hydrogen-bond donors (Lipinski definition) is 2. The van der Waals surface area contributed by atoms with Gasteiger partial charge in [-0.05, 0) is 135 Å². The van der Waals surface area contributed by atoms with E-state index in [9.17, 15) is 22.1 Å². The second kappa shape index (κ2) is 25.6. The van der Waals surface area contributed by atoms with Crippen LogP contribution in [0.15, 0.2) is 82.8 Å². The van der Waals surface area contributed by atoms with Crippen molar-refractivity contribution in [3.05, 3.63) is 119 Å². The molecule has 2 aromatic heterocycles. The van der Waals surface area contributed by atoms with Gasteiger partial charge in [0, 0.05) is 25.5 Å². The molecule has 7 nitrogen and oxygen atoms in total. The maximum atomic E-state index is 14.8. The van der Waals surface area contributed by atoms with E-state index < -0.39 is 8.25 Å². The number of aromatic nitrogens is 2. The van der Waals surface area contributed by atoms with Gasteiger partial charge in [-0.2, -0.15) is 0 Å². The van der Waals surface area contributed by atoms with Crippen LogP contribution in [0.2, 0.25) is 0 Å². The topological polar surface area (TPSA) is 85.4 Å². The zero-order valence-corrected chi connectivity index (χ0v) is 38.5. The molecule has 0 amide bonds. The quantitative estimate of drug-likeness (QED) is 0.0250. The van der Waals surface area contributed by atoms with Gasteiger partial charge in [0.1, 0.15) is 23.3 Å². The standard InChI is InChI=1S/C48H63F4N4O3PS2/c49-41-17-3-1-15-39(41)47(19-5-6-20-47)23-9-11-29-61-45-35-55-37(31-43(45)51)33-53-25-13-27-58-60(57)59-28-14-26-54-34-38-32-44(52)46(36-56-38)62-30-12-10-24-48(21-7-8-22-48)40-16-2-4-18-42(40)50/h1-4,15-18,31-32,35-36,53-54,60H,5-14,19-30,33-34H2. The van der Waals surface area contributed by atoms with Gasteiger partial charge in [-0.15, -0.1) is 23.5 Å². The normalized spacial score (nSPS) is 15.8. The average Bonchev–Trinajstić information content (AvgIpc) is 3.96. The number of rotatable bonds is 28. The third kappa shape index (κ3) is 14.6. The Bertz CT molecular complexity index is 1860. The van der Waals surface area contributed by atoms with E-state index in [4.69, 9.17) is 9.05 Å². The Balaban J connectivity index is 0.750. The number of thioether (sulfide) groups is 2. The Morgan fingerprint density at radius 3 is 1.40 bits per heavy atom. The summed E-state index contributed by atoms with van der Waals surface area (Å²) in [6.07, 6.45) is 18.8. The van der Waals surface area contributed by atoms with Crippen molar-refractivity contribution in [2.75, 3.05) is 37.8 Å². The number of unbranched alkanes of at least 4 members (excludes halogenated alkanes) is 2. The summed E-state index contributed by atoms with van der Waals surface area (Å²) in [6, 6.07) is 17.3. The fourth-order valence-corrected chi connectivity index (χ4v) is 11.7. The molecule has 0 bridgehead atoms. The SMILES string of the molecule is O=[PH](OCCCNCc1cc(F)c(SCCCCC2(c3ccccc3F)CCCC2)cn1)OCCCNCc1cc(F)c(SCCCCC2(c3ccccc3F)CCCC2)cn1. The molecule has 2 fully saturated rings. The highest BCUT2D eigenvalue weighted by Gasteiger charge is 2.38. The molecule has 0 aliphatic heterocycles. The molecule has 2 aromatic carbocycles. The third-order valence-corrected chi connectivity index (χ3v) is 15.5. The number of nitrogens with one attached hydrogen (secondary N) is 2. The summed E-state index contributed by atoms with van der Waals surface area (Å²) in [4.78, 5) is 9.93. The molecule has 2 aliphatic carbocycles. The molecular formula is C48H63F4N4O3PS2. The highest BCUT2D eigenvalue weighted by atomic mass is 32.2. The fraction of sp³-hybridized carbons (Fsp3) is 0.542. The van der Waals surface area contributed by atoms with Gasteiger partial charge >= 0.3 is 8.25 Å². The second-order valence-corrected chi connectivity index (χ2v) is 20.1. The van der Waals surface area contributed by atoms with Crippen molar-refractivity contribution in [2.45, 2.75) is 136 Å². The first-order chi connectivity index (χ1) is 30.3. The average molecular weight is 915 g/mol. The molecule has 2 N–H and O–H groups in total. The molecular weight excluding hydrogens is 852 g/mol. The number of nitrogens with zero attached hydrogens (tertiary/aromatic N) is 2. The van der Waals surface area contributed by atoms with E-state index in [0.29, 0.717) is 60.2 Å². The molecule has 62 heavy (non-hydrogen) atoms. The molecule has 338 valence electrons. The fourth-order valence-electron chi connectivity index (χ4n) is 9.19. The smallest absolute Gasteiger partial charge is 0.311 e. The van der Waals surface area contributed by atoms with E-state index in [1.807, 2.05) is 24.3 Å². The van der Waals surface area contributed by atoms with Crippen molar-refractivity contribution in [1.29, 1.82) is 0 Å². The number of benzene rings is 2. The van der Waals surface area contributed by atoms with Crippen molar-refractivity contribution in [1.82, 2.24) is 20.6 Å². The minimum absolute atomic E-state index is 0.0663. The number of hydrogen-bond acceptors (Lipinski definition) is 9. The van der Waals surface area contributed by atoms with Gasteiger partial charge in [-0.1, -0.05) is 74.9 Å². The van der Waals surface area contributed by atoms with Crippen LogP contribution >= 0.6 is 31.8 Å². The molecule has 0 atom stereocenters. The number of pyridine rings is 2. The van der Waals surface area contributed by atoms with Crippen LogP contribution in [-0.2, 0) is 37.5 Å². The molecule has 0 spiro atoms. The molecule has 0 unspecified atom stereocenters. The van der Waals surface area contributed by atoms with E-state index in [2.05, 4.69) is 20.6 Å². The monoisotopic (exact) mass is 914 g/mol. The number of halogens is 4. The van der Waals surface area contributed by atoms with Crippen LogP contribution in [-0.4, -0.2) is 47.8 Å². The summed E-state index contributed by atoms with van der Waals surface area (Å²) in [5.41, 5.74) is 2.80. The predicted molar refractivity (Wildman–Crippen MR) is 244 cm³/mol. The minimum Gasteiger partial charge on any atom is -0.311 e. The lowest BCUT2D eigenvalue weighted by Crippen LogP contribution is -2.23. The van der Waals surface area contributed by atoms with Gasteiger partial charge in [-0.25, -0.2) is 17.6 Å². The first-order valence-corrected chi connectivity index (χ1v) is 25.7. The lowest BCUT2D eigenvalue weighted by atomic mass is 9.75. The van der Waals surface area contributed by atoms with Gasteiger partial charge in [0.05, 0.1) is 34.4 Å². The van der Waals surface area contributed by atoms with Crippen molar-refractivity contribution in [3.8, 4) is 0 Å². The van der Waals surface area contributed by atoms with E-state index in [0.717, 1.165) is 113 Å². The first-order valence-electron chi connectivity index (χ1n) is 22.5. The van der Waals surface area contributed by atoms with E-state index >= 15 is 0 Å². The summed E-state index contributed by atoms with van der Waals surface area (Å²) >= 11 is 2.95. The van der Waals surface area contributed by atoms with Crippen LogP contribution in [0.25, 0.3) is 0 Å². The van der Waals surface area contributed by atoms with Crippen molar-refractivity contribution >= 4 is 31.8 Å². The molecule has 6 rings (SSSR count). The minimum atomic E-state index is -2.62. The second-order valence-electron chi connectivity index (χ2n) is 16.8. The largest absolute Gasteiger partial charge is 0.319 e. The van der Waals surface area contributed by atoms with E-state index in [-0.39, 0.29) is 47.3 Å². The van der Waals surface area contributed by atoms with Crippen molar-refractivity contribution in [2.24, 2.45) is 0 Å². The lowest BCUT2D eigenvalue weighted by molar-refractivity contribution is 0.220. The Labute approximate surface area is 375 Å². The summed E-state index contributed by atoms with van der Waals surface area (Å²) in [5, 5.41) is 6.45. The summed E-state index contributed by atoms with van der Waals surface area (Å²) < 4.78 is 81.8. The van der Waals surface area contributed by atoms with E-state index in [1.165, 1.54) is 35.7 Å². The molecule has 14 heteroatoms. The van der Waals surface area contributed by atoms with Crippen LogP contribution in [0.3, 0.4) is 0 Å². The van der Waals surface area contributed by atoms with Crippen LogP contribution < -0.4 is 10.6 Å². The van der Waals surface area contributed by atoms with Crippen LogP contribution in [0.4, 0.5) is 17.6 Å². The van der Waals surface area contributed by atoms with Gasteiger partial charge < -0.3 is 19.7 Å². The Hall–Kier alpha value is -2.77. The van der Waals surface area contributed by atoms with Crippen molar-refractivity contribution < 1.29 is 31.2 Å². The Morgan fingerprint density at radius 1 is 0.581 bits per heavy atom. The van der Waals surface area contributed by atoms with Gasteiger partial charge in [0.15, 0.2) is 0 Å². The summed E-state index contributed by atoms with van der Waals surface area (Å²) in [7, 11) is -2.62. The highest BCUT2D eigenvalue weighted by Crippen LogP contribution is 2.47. The molecule has 4 aromatic rings. The van der Waals surface area contributed by atoms with Gasteiger partial charge in [0.2, 0.25) is 0 Å². The molecule has 2 saturated carbocycles. The Kier molecular flexibility index (Phi) is 20.1. The molecule has 2 heterocycles. The summed E-state index contributed by atoms with van der Waals surface area (Å²) in [5.74, 6) is 0.815. The maximum absolute atomic E-state index is 14.8.